The number of aryl methyl sites for hydroxylation is 1. The van der Waals surface area contributed by atoms with Crippen LogP contribution in [-0.2, 0) is 4.74 Å². The first kappa shape index (κ1) is 20.7. The molecular weight excluding hydrogens is 418 g/mol. The highest BCUT2D eigenvalue weighted by Gasteiger charge is 2.12. The van der Waals surface area contributed by atoms with Crippen molar-refractivity contribution >= 4 is 29.1 Å². The number of anilines is 5. The lowest BCUT2D eigenvalue weighted by Gasteiger charge is -2.28. The standard InChI is InChI=1S/C23H23N9O/c1-16-3-2-4-18(27-16)22-24-9-7-20(29-22)28-21-8-10-25-23(31-21)30-19-6-5-17(15-26-19)32-11-13-33-14-12-32/h2-10,15H,11-14H2,1H3,(H2,24,25,26,28,29,30,31). The molecule has 0 amide bonds. The summed E-state index contributed by atoms with van der Waals surface area (Å²) in [6.45, 7) is 5.16. The molecule has 1 aliphatic heterocycles. The molecule has 2 N–H and O–H groups in total. The molecule has 5 heterocycles. The molecule has 0 atom stereocenters. The first-order valence-corrected chi connectivity index (χ1v) is 10.7. The number of rotatable bonds is 6. The lowest BCUT2D eigenvalue weighted by molar-refractivity contribution is 0.122. The zero-order valence-electron chi connectivity index (χ0n) is 18.1. The Morgan fingerprint density at radius 1 is 0.788 bits per heavy atom. The van der Waals surface area contributed by atoms with Gasteiger partial charge in [0.25, 0.3) is 0 Å². The van der Waals surface area contributed by atoms with Gasteiger partial charge in [0.1, 0.15) is 23.1 Å². The number of nitrogens with one attached hydrogen (secondary N) is 2. The van der Waals surface area contributed by atoms with Gasteiger partial charge in [0.05, 0.1) is 25.1 Å². The molecule has 0 bridgehead atoms. The number of morpholine rings is 1. The van der Waals surface area contributed by atoms with E-state index in [1.165, 1.54) is 0 Å². The number of pyridine rings is 2. The Morgan fingerprint density at radius 2 is 1.61 bits per heavy atom. The van der Waals surface area contributed by atoms with Crippen LogP contribution in [0.3, 0.4) is 0 Å². The van der Waals surface area contributed by atoms with Gasteiger partial charge in [0.15, 0.2) is 5.82 Å². The summed E-state index contributed by atoms with van der Waals surface area (Å²) >= 11 is 0. The third-order valence-electron chi connectivity index (χ3n) is 5.05. The molecule has 1 aliphatic rings. The SMILES string of the molecule is Cc1cccc(-c2nccc(Nc3ccnc(Nc4ccc(N5CCOCC5)cn4)n3)n2)n1. The van der Waals surface area contributed by atoms with Gasteiger partial charge >= 0.3 is 0 Å². The van der Waals surface area contributed by atoms with Crippen LogP contribution >= 0.6 is 0 Å². The molecule has 4 aromatic rings. The molecule has 0 spiro atoms. The van der Waals surface area contributed by atoms with Gasteiger partial charge < -0.3 is 20.3 Å². The second kappa shape index (κ2) is 9.53. The van der Waals surface area contributed by atoms with Crippen molar-refractivity contribution in [2.45, 2.75) is 6.92 Å². The van der Waals surface area contributed by atoms with Gasteiger partial charge in [-0.05, 0) is 43.3 Å². The molecule has 5 rings (SSSR count). The summed E-state index contributed by atoms with van der Waals surface area (Å²) < 4.78 is 5.40. The summed E-state index contributed by atoms with van der Waals surface area (Å²) in [5.41, 5.74) is 2.70. The van der Waals surface area contributed by atoms with Crippen LogP contribution in [0, 0.1) is 6.92 Å². The van der Waals surface area contributed by atoms with Crippen molar-refractivity contribution < 1.29 is 4.74 Å². The minimum Gasteiger partial charge on any atom is -0.378 e. The van der Waals surface area contributed by atoms with Crippen molar-refractivity contribution in [1.29, 1.82) is 0 Å². The first-order chi connectivity index (χ1) is 16.2. The van der Waals surface area contributed by atoms with Crippen LogP contribution < -0.4 is 15.5 Å². The van der Waals surface area contributed by atoms with Crippen molar-refractivity contribution in [2.24, 2.45) is 0 Å². The van der Waals surface area contributed by atoms with Crippen molar-refractivity contribution in [2.75, 3.05) is 41.8 Å². The third kappa shape index (κ3) is 5.18. The topological polar surface area (TPSA) is 114 Å². The van der Waals surface area contributed by atoms with Crippen LogP contribution in [0.1, 0.15) is 5.69 Å². The van der Waals surface area contributed by atoms with Gasteiger partial charge in [0, 0.05) is 31.2 Å². The molecule has 1 fully saturated rings. The van der Waals surface area contributed by atoms with Crippen LogP contribution in [0.2, 0.25) is 0 Å². The van der Waals surface area contributed by atoms with Crippen molar-refractivity contribution in [3.63, 3.8) is 0 Å². The van der Waals surface area contributed by atoms with Crippen LogP contribution in [0.5, 0.6) is 0 Å². The van der Waals surface area contributed by atoms with E-state index in [4.69, 9.17) is 4.74 Å². The van der Waals surface area contributed by atoms with E-state index >= 15 is 0 Å². The van der Waals surface area contributed by atoms with Crippen molar-refractivity contribution in [3.05, 3.63) is 66.7 Å². The minimum absolute atomic E-state index is 0.432. The lowest BCUT2D eigenvalue weighted by atomic mass is 10.3. The Bertz CT molecular complexity index is 1230. The molecule has 0 aromatic carbocycles. The smallest absolute Gasteiger partial charge is 0.230 e. The maximum absolute atomic E-state index is 5.40. The second-order valence-electron chi connectivity index (χ2n) is 7.45. The normalized spacial score (nSPS) is 13.5. The molecule has 0 radical (unpaired) electrons. The molecule has 0 aliphatic carbocycles. The molecule has 1 saturated heterocycles. The second-order valence-corrected chi connectivity index (χ2v) is 7.45. The van der Waals surface area contributed by atoms with Crippen molar-refractivity contribution in [1.82, 2.24) is 29.9 Å². The molecule has 33 heavy (non-hydrogen) atoms. The maximum Gasteiger partial charge on any atom is 0.230 e. The molecule has 0 unspecified atom stereocenters. The molecule has 10 nitrogen and oxygen atoms in total. The van der Waals surface area contributed by atoms with Crippen molar-refractivity contribution in [3.8, 4) is 11.5 Å². The zero-order valence-corrected chi connectivity index (χ0v) is 18.1. The van der Waals surface area contributed by atoms with Gasteiger partial charge in [-0.15, -0.1) is 0 Å². The summed E-state index contributed by atoms with van der Waals surface area (Å²) in [5.74, 6) is 2.85. The van der Waals surface area contributed by atoms with E-state index in [2.05, 4.69) is 45.4 Å². The Kier molecular flexibility index (Phi) is 5.98. The van der Waals surface area contributed by atoms with Gasteiger partial charge in [-0.1, -0.05) is 6.07 Å². The zero-order chi connectivity index (χ0) is 22.5. The van der Waals surface area contributed by atoms with E-state index < -0.39 is 0 Å². The fourth-order valence-corrected chi connectivity index (χ4v) is 3.42. The fourth-order valence-electron chi connectivity index (χ4n) is 3.42. The fraction of sp³-hybridized carbons (Fsp3) is 0.217. The highest BCUT2D eigenvalue weighted by atomic mass is 16.5. The van der Waals surface area contributed by atoms with Gasteiger partial charge in [-0.3, -0.25) is 0 Å². The molecular formula is C23H23N9O. The predicted octanol–water partition coefficient (Wildman–Crippen LogP) is 3.36. The highest BCUT2D eigenvalue weighted by molar-refractivity contribution is 5.59. The Hall–Kier alpha value is -4.18. The van der Waals surface area contributed by atoms with E-state index in [-0.39, 0.29) is 0 Å². The quantitative estimate of drug-likeness (QED) is 0.462. The van der Waals surface area contributed by atoms with Crippen LogP contribution in [0.15, 0.2) is 61.1 Å². The Labute approximate surface area is 191 Å². The summed E-state index contributed by atoms with van der Waals surface area (Å²) in [5, 5.41) is 6.34. The number of hydrogen-bond acceptors (Lipinski definition) is 10. The lowest BCUT2D eigenvalue weighted by Crippen LogP contribution is -2.36. The number of ether oxygens (including phenoxy) is 1. The monoisotopic (exact) mass is 441 g/mol. The maximum atomic E-state index is 5.40. The summed E-state index contributed by atoms with van der Waals surface area (Å²) in [6.07, 6.45) is 5.20. The molecule has 166 valence electrons. The van der Waals surface area contributed by atoms with E-state index in [0.29, 0.717) is 29.2 Å². The van der Waals surface area contributed by atoms with Gasteiger partial charge in [0.2, 0.25) is 5.95 Å². The first-order valence-electron chi connectivity index (χ1n) is 10.7. The van der Waals surface area contributed by atoms with Gasteiger partial charge in [-0.25, -0.2) is 24.9 Å². The van der Waals surface area contributed by atoms with E-state index in [9.17, 15) is 0 Å². The summed E-state index contributed by atoms with van der Waals surface area (Å²) in [4.78, 5) is 28.9. The molecule has 4 aromatic heterocycles. The largest absolute Gasteiger partial charge is 0.378 e. The average molecular weight is 441 g/mol. The van der Waals surface area contributed by atoms with Crippen LogP contribution in [0.4, 0.5) is 29.1 Å². The van der Waals surface area contributed by atoms with Crippen LogP contribution in [-0.4, -0.2) is 56.2 Å². The predicted molar refractivity (Wildman–Crippen MR) is 126 cm³/mol. The molecule has 0 saturated carbocycles. The van der Waals surface area contributed by atoms with E-state index in [0.717, 1.165) is 43.4 Å². The summed E-state index contributed by atoms with van der Waals surface area (Å²) in [7, 11) is 0. The third-order valence-corrected chi connectivity index (χ3v) is 5.05. The molecule has 10 heteroatoms. The Morgan fingerprint density at radius 3 is 2.39 bits per heavy atom. The Balaban J connectivity index is 1.27. The van der Waals surface area contributed by atoms with Crippen LogP contribution in [0.25, 0.3) is 11.5 Å². The minimum atomic E-state index is 0.432. The summed E-state index contributed by atoms with van der Waals surface area (Å²) in [6, 6.07) is 13.3. The average Bonchev–Trinajstić information content (AvgIpc) is 2.85. The number of nitrogens with zero attached hydrogens (tertiary/aromatic N) is 7. The highest BCUT2D eigenvalue weighted by Crippen LogP contribution is 2.20. The number of aromatic nitrogens is 6. The number of hydrogen-bond donors (Lipinski definition) is 2. The van der Waals surface area contributed by atoms with E-state index in [1.807, 2.05) is 43.5 Å². The van der Waals surface area contributed by atoms with Gasteiger partial charge in [-0.2, -0.15) is 4.98 Å². The van der Waals surface area contributed by atoms with E-state index in [1.54, 1.807) is 24.5 Å².